The molecule has 3 nitrogen and oxygen atoms in total. The highest BCUT2D eigenvalue weighted by Gasteiger charge is 2.27. The molecule has 1 rings (SSSR count). The summed E-state index contributed by atoms with van der Waals surface area (Å²) < 4.78 is 6.32. The molecule has 0 aliphatic heterocycles. The van der Waals surface area contributed by atoms with Crippen molar-refractivity contribution in [2.75, 3.05) is 14.2 Å². The summed E-state index contributed by atoms with van der Waals surface area (Å²) >= 11 is 3.46. The van der Waals surface area contributed by atoms with E-state index in [9.17, 15) is 0 Å². The average molecular weight is 257 g/mol. The van der Waals surface area contributed by atoms with Gasteiger partial charge in [-0.3, -0.25) is 0 Å². The SMILES string of the molecule is CN=NC(C)(OC)c1ccccc1Br. The summed E-state index contributed by atoms with van der Waals surface area (Å²) in [6.07, 6.45) is 0. The Labute approximate surface area is 92.3 Å². The van der Waals surface area contributed by atoms with Gasteiger partial charge in [-0.05, 0) is 13.0 Å². The van der Waals surface area contributed by atoms with Crippen LogP contribution in [-0.4, -0.2) is 14.2 Å². The number of rotatable bonds is 3. The molecule has 0 aromatic heterocycles. The standard InChI is InChI=1S/C10H13BrN2O/c1-10(14-3,13-12-2)8-6-4-5-7-9(8)11/h4-7H,1-3H3. The second-order valence-corrected chi connectivity index (χ2v) is 3.82. The Bertz CT molecular complexity index is 341. The van der Waals surface area contributed by atoms with E-state index in [1.54, 1.807) is 14.2 Å². The van der Waals surface area contributed by atoms with E-state index in [0.29, 0.717) is 0 Å². The Morgan fingerprint density at radius 1 is 1.36 bits per heavy atom. The van der Waals surface area contributed by atoms with Crippen molar-refractivity contribution in [3.8, 4) is 0 Å². The van der Waals surface area contributed by atoms with Gasteiger partial charge in [0.1, 0.15) is 0 Å². The summed E-state index contributed by atoms with van der Waals surface area (Å²) in [5.74, 6) is 0. The molecule has 0 fully saturated rings. The Hall–Kier alpha value is -0.740. The van der Waals surface area contributed by atoms with Crippen LogP contribution in [0.5, 0.6) is 0 Å². The first-order chi connectivity index (χ1) is 6.64. The van der Waals surface area contributed by atoms with Crippen LogP contribution in [0.25, 0.3) is 0 Å². The molecule has 0 heterocycles. The van der Waals surface area contributed by atoms with E-state index in [4.69, 9.17) is 4.74 Å². The number of methoxy groups -OCH3 is 1. The molecule has 4 heteroatoms. The number of hydrogen-bond acceptors (Lipinski definition) is 3. The lowest BCUT2D eigenvalue weighted by Crippen LogP contribution is -2.21. The number of halogens is 1. The lowest BCUT2D eigenvalue weighted by atomic mass is 10.1. The monoisotopic (exact) mass is 256 g/mol. The predicted octanol–water partition coefficient (Wildman–Crippen LogP) is 3.35. The largest absolute Gasteiger partial charge is 0.352 e. The van der Waals surface area contributed by atoms with Gasteiger partial charge in [0, 0.05) is 24.2 Å². The number of nitrogens with zero attached hydrogens (tertiary/aromatic N) is 2. The van der Waals surface area contributed by atoms with Crippen LogP contribution in [0.15, 0.2) is 39.0 Å². The number of azo groups is 1. The van der Waals surface area contributed by atoms with Gasteiger partial charge in [-0.25, -0.2) is 0 Å². The molecule has 0 bridgehead atoms. The van der Waals surface area contributed by atoms with E-state index in [-0.39, 0.29) is 0 Å². The van der Waals surface area contributed by atoms with Crippen molar-refractivity contribution in [1.29, 1.82) is 0 Å². The van der Waals surface area contributed by atoms with Crippen molar-refractivity contribution in [1.82, 2.24) is 0 Å². The van der Waals surface area contributed by atoms with Crippen LogP contribution >= 0.6 is 15.9 Å². The molecule has 0 saturated carbocycles. The molecule has 76 valence electrons. The van der Waals surface area contributed by atoms with Crippen LogP contribution in [-0.2, 0) is 10.5 Å². The minimum atomic E-state index is -0.713. The van der Waals surface area contributed by atoms with Crippen molar-refractivity contribution >= 4 is 15.9 Å². The van der Waals surface area contributed by atoms with Crippen LogP contribution in [0.3, 0.4) is 0 Å². The maximum Gasteiger partial charge on any atom is 0.202 e. The van der Waals surface area contributed by atoms with Crippen molar-refractivity contribution in [3.05, 3.63) is 34.3 Å². The molecular formula is C10H13BrN2O. The molecule has 1 atom stereocenters. The van der Waals surface area contributed by atoms with Gasteiger partial charge in [-0.1, -0.05) is 34.1 Å². The quantitative estimate of drug-likeness (QED) is 0.764. The fourth-order valence-electron chi connectivity index (χ4n) is 1.23. The number of benzene rings is 1. The molecule has 0 saturated heterocycles. The molecule has 0 radical (unpaired) electrons. The Morgan fingerprint density at radius 3 is 2.50 bits per heavy atom. The summed E-state index contributed by atoms with van der Waals surface area (Å²) in [6, 6.07) is 7.81. The van der Waals surface area contributed by atoms with Crippen molar-refractivity contribution in [2.45, 2.75) is 12.6 Å². The number of ether oxygens (including phenoxy) is 1. The first-order valence-electron chi connectivity index (χ1n) is 4.25. The third kappa shape index (κ3) is 2.19. The Kier molecular flexibility index (Phi) is 3.77. The van der Waals surface area contributed by atoms with Crippen LogP contribution < -0.4 is 0 Å². The van der Waals surface area contributed by atoms with Crippen LogP contribution in [0.4, 0.5) is 0 Å². The summed E-state index contributed by atoms with van der Waals surface area (Å²) in [7, 11) is 3.25. The third-order valence-electron chi connectivity index (χ3n) is 2.06. The van der Waals surface area contributed by atoms with E-state index in [1.165, 1.54) is 0 Å². The van der Waals surface area contributed by atoms with Gasteiger partial charge >= 0.3 is 0 Å². The Morgan fingerprint density at radius 2 is 2.00 bits per heavy atom. The summed E-state index contributed by atoms with van der Waals surface area (Å²) in [4.78, 5) is 0. The molecule has 1 aromatic rings. The van der Waals surface area contributed by atoms with Gasteiger partial charge in [-0.15, -0.1) is 0 Å². The molecule has 0 aliphatic carbocycles. The zero-order valence-corrected chi connectivity index (χ0v) is 10.1. The van der Waals surface area contributed by atoms with E-state index in [0.717, 1.165) is 10.0 Å². The predicted molar refractivity (Wildman–Crippen MR) is 59.3 cm³/mol. The fourth-order valence-corrected chi connectivity index (χ4v) is 1.89. The van der Waals surface area contributed by atoms with E-state index in [2.05, 4.69) is 26.2 Å². The van der Waals surface area contributed by atoms with Crippen molar-refractivity contribution in [2.24, 2.45) is 10.2 Å². The van der Waals surface area contributed by atoms with Gasteiger partial charge < -0.3 is 4.74 Å². The first kappa shape index (κ1) is 11.3. The van der Waals surface area contributed by atoms with E-state index < -0.39 is 5.72 Å². The maximum absolute atomic E-state index is 5.35. The van der Waals surface area contributed by atoms with E-state index >= 15 is 0 Å². The lowest BCUT2D eigenvalue weighted by Gasteiger charge is -2.23. The lowest BCUT2D eigenvalue weighted by molar-refractivity contribution is 0.00287. The van der Waals surface area contributed by atoms with Gasteiger partial charge in [0.05, 0.1) is 0 Å². The molecule has 0 spiro atoms. The van der Waals surface area contributed by atoms with Gasteiger partial charge in [0.15, 0.2) is 0 Å². The fraction of sp³-hybridized carbons (Fsp3) is 0.400. The van der Waals surface area contributed by atoms with Gasteiger partial charge in [-0.2, -0.15) is 10.2 Å². The minimum Gasteiger partial charge on any atom is -0.352 e. The normalized spacial score (nSPS) is 15.7. The second kappa shape index (κ2) is 4.66. The van der Waals surface area contributed by atoms with Crippen molar-refractivity contribution in [3.63, 3.8) is 0 Å². The molecule has 1 aromatic carbocycles. The first-order valence-corrected chi connectivity index (χ1v) is 5.04. The summed E-state index contributed by atoms with van der Waals surface area (Å²) in [5.41, 5.74) is 0.252. The highest BCUT2D eigenvalue weighted by molar-refractivity contribution is 9.10. The summed E-state index contributed by atoms with van der Waals surface area (Å²) in [6.45, 7) is 1.88. The second-order valence-electron chi connectivity index (χ2n) is 2.97. The zero-order chi connectivity index (χ0) is 10.6. The van der Waals surface area contributed by atoms with E-state index in [1.807, 2.05) is 31.2 Å². The molecule has 0 N–H and O–H groups in total. The molecule has 1 unspecified atom stereocenters. The third-order valence-corrected chi connectivity index (χ3v) is 2.75. The maximum atomic E-state index is 5.35. The molecule has 0 aliphatic rings. The summed E-state index contributed by atoms with van der Waals surface area (Å²) in [5, 5.41) is 7.85. The molecule has 0 amide bonds. The van der Waals surface area contributed by atoms with Gasteiger partial charge in [0.25, 0.3) is 0 Å². The molecular weight excluding hydrogens is 244 g/mol. The van der Waals surface area contributed by atoms with Crippen LogP contribution in [0, 0.1) is 0 Å². The van der Waals surface area contributed by atoms with Crippen LogP contribution in [0.1, 0.15) is 12.5 Å². The molecule has 14 heavy (non-hydrogen) atoms. The van der Waals surface area contributed by atoms with Crippen molar-refractivity contribution < 1.29 is 4.74 Å². The minimum absolute atomic E-state index is 0.713. The highest BCUT2D eigenvalue weighted by atomic mass is 79.9. The van der Waals surface area contributed by atoms with Crippen LogP contribution in [0.2, 0.25) is 0 Å². The average Bonchev–Trinajstić information content (AvgIpc) is 2.18. The topological polar surface area (TPSA) is 34.0 Å². The highest BCUT2D eigenvalue weighted by Crippen LogP contribution is 2.32. The Balaban J connectivity index is 3.19. The zero-order valence-electron chi connectivity index (χ0n) is 8.49. The smallest absolute Gasteiger partial charge is 0.202 e. The van der Waals surface area contributed by atoms with Gasteiger partial charge in [0.2, 0.25) is 5.72 Å². The number of hydrogen-bond donors (Lipinski definition) is 0.